The van der Waals surface area contributed by atoms with Gasteiger partial charge in [-0.15, -0.1) is 0 Å². The number of nitrogens with one attached hydrogen (secondary N) is 1. The molecule has 5 nitrogen and oxygen atoms in total. The van der Waals surface area contributed by atoms with E-state index in [1.54, 1.807) is 0 Å². The Labute approximate surface area is 123 Å². The number of aromatic nitrogens is 2. The van der Waals surface area contributed by atoms with Gasteiger partial charge in [-0.25, -0.2) is 0 Å². The zero-order valence-electron chi connectivity index (χ0n) is 11.8. The molecular formula is C16H19N3O2. The smallest absolute Gasteiger partial charge is 0.243 e. The molecule has 3 atom stereocenters. The second kappa shape index (κ2) is 5.24. The number of rotatable bonds is 2. The quantitative estimate of drug-likeness (QED) is 0.882. The highest BCUT2D eigenvalue weighted by atomic mass is 16.5. The molecular weight excluding hydrogens is 266 g/mol. The number of aliphatic hydroxyl groups is 1. The third-order valence-electron chi connectivity index (χ3n) is 4.54. The fraction of sp³-hybridized carbons (Fsp3) is 0.500. The third-order valence-corrected chi connectivity index (χ3v) is 4.54. The maximum absolute atomic E-state index is 9.59. The summed E-state index contributed by atoms with van der Waals surface area (Å²) in [5, 5.41) is 17.0. The molecule has 110 valence electrons. The number of benzene rings is 1. The minimum absolute atomic E-state index is 0.0138. The first-order chi connectivity index (χ1) is 10.3. The number of fused-ring (bicyclic) bond motifs is 1. The first kappa shape index (κ1) is 13.0. The van der Waals surface area contributed by atoms with Gasteiger partial charge in [-0.3, -0.25) is 0 Å². The lowest BCUT2D eigenvalue weighted by Crippen LogP contribution is -2.15. The van der Waals surface area contributed by atoms with Crippen LogP contribution in [-0.4, -0.2) is 27.9 Å². The summed E-state index contributed by atoms with van der Waals surface area (Å²) >= 11 is 0. The lowest BCUT2D eigenvalue weighted by atomic mass is 9.82. The van der Waals surface area contributed by atoms with E-state index in [0.29, 0.717) is 18.9 Å². The number of hydrogen-bond acceptors (Lipinski definition) is 5. The van der Waals surface area contributed by atoms with Crippen LogP contribution in [0, 0.1) is 0 Å². The second-order valence-corrected chi connectivity index (χ2v) is 5.98. The summed E-state index contributed by atoms with van der Waals surface area (Å²) in [6.45, 7) is 0.592. The summed E-state index contributed by atoms with van der Waals surface area (Å²) in [6.07, 6.45) is 3.68. The lowest BCUT2D eigenvalue weighted by Gasteiger charge is -2.22. The van der Waals surface area contributed by atoms with Gasteiger partial charge >= 0.3 is 0 Å². The summed E-state index contributed by atoms with van der Waals surface area (Å²) in [5.74, 6) is 1.61. The Hall–Kier alpha value is -1.72. The van der Waals surface area contributed by atoms with Crippen molar-refractivity contribution in [1.29, 1.82) is 0 Å². The highest BCUT2D eigenvalue weighted by Gasteiger charge is 2.31. The summed E-state index contributed by atoms with van der Waals surface area (Å²) in [6, 6.07) is 8.52. The van der Waals surface area contributed by atoms with Gasteiger partial charge in [0, 0.05) is 12.5 Å². The molecule has 1 aliphatic heterocycles. The van der Waals surface area contributed by atoms with Gasteiger partial charge in [0.2, 0.25) is 5.89 Å². The molecule has 2 aromatic rings. The van der Waals surface area contributed by atoms with Crippen molar-refractivity contribution in [3.05, 3.63) is 47.1 Å². The van der Waals surface area contributed by atoms with Crippen molar-refractivity contribution < 1.29 is 9.63 Å². The number of hydrogen-bond donors (Lipinski definition) is 2. The lowest BCUT2D eigenvalue weighted by molar-refractivity contribution is 0.191. The Kier molecular flexibility index (Phi) is 3.24. The van der Waals surface area contributed by atoms with Crippen molar-refractivity contribution in [3.63, 3.8) is 0 Å². The molecule has 2 aliphatic rings. The van der Waals surface area contributed by atoms with Crippen molar-refractivity contribution in [3.8, 4) is 0 Å². The maximum atomic E-state index is 9.59. The van der Waals surface area contributed by atoms with Crippen molar-refractivity contribution in [2.45, 2.75) is 43.7 Å². The predicted octanol–water partition coefficient (Wildman–Crippen LogP) is 1.93. The van der Waals surface area contributed by atoms with Gasteiger partial charge in [0.05, 0.1) is 12.1 Å². The molecule has 0 spiro atoms. The molecule has 1 unspecified atom stereocenters. The van der Waals surface area contributed by atoms with Crippen LogP contribution in [0.5, 0.6) is 0 Å². The van der Waals surface area contributed by atoms with Gasteiger partial charge in [-0.05, 0) is 36.8 Å². The molecule has 0 amide bonds. The van der Waals surface area contributed by atoms with Gasteiger partial charge in [0.25, 0.3) is 0 Å². The van der Waals surface area contributed by atoms with Crippen molar-refractivity contribution in [1.82, 2.24) is 15.5 Å². The summed E-state index contributed by atoms with van der Waals surface area (Å²) < 4.78 is 5.43. The van der Waals surface area contributed by atoms with Crippen LogP contribution in [0.2, 0.25) is 0 Å². The maximum Gasteiger partial charge on any atom is 0.243 e. The fourth-order valence-electron chi connectivity index (χ4n) is 3.46. The average molecular weight is 285 g/mol. The number of aliphatic hydroxyl groups excluding tert-OH is 1. The Morgan fingerprint density at radius 1 is 1.29 bits per heavy atom. The molecule has 0 saturated carbocycles. The minimum atomic E-state index is -0.319. The van der Waals surface area contributed by atoms with Gasteiger partial charge in [0.15, 0.2) is 5.82 Å². The molecule has 1 aromatic carbocycles. The molecule has 0 radical (unpaired) electrons. The molecule has 1 aromatic heterocycles. The molecule has 1 fully saturated rings. The van der Waals surface area contributed by atoms with Gasteiger partial charge in [0.1, 0.15) is 0 Å². The zero-order chi connectivity index (χ0) is 14.2. The largest absolute Gasteiger partial charge is 0.392 e. The third kappa shape index (κ3) is 2.36. The van der Waals surface area contributed by atoms with Crippen LogP contribution in [0.25, 0.3) is 0 Å². The molecule has 5 heteroatoms. The Balaban J connectivity index is 1.62. The van der Waals surface area contributed by atoms with E-state index in [2.05, 4.69) is 39.7 Å². The van der Waals surface area contributed by atoms with E-state index >= 15 is 0 Å². The van der Waals surface area contributed by atoms with E-state index < -0.39 is 0 Å². The van der Waals surface area contributed by atoms with E-state index in [-0.39, 0.29) is 18.1 Å². The number of β-amino-alcohol motifs (C(OH)–C–C–N with tert-alkyl or cyclic N) is 1. The van der Waals surface area contributed by atoms with Crippen LogP contribution in [0.1, 0.15) is 54.1 Å². The van der Waals surface area contributed by atoms with Crippen molar-refractivity contribution in [2.75, 3.05) is 6.54 Å². The highest BCUT2D eigenvalue weighted by Crippen LogP contribution is 2.35. The van der Waals surface area contributed by atoms with Crippen molar-refractivity contribution >= 4 is 0 Å². The topological polar surface area (TPSA) is 71.2 Å². The molecule has 1 saturated heterocycles. The first-order valence-corrected chi connectivity index (χ1v) is 7.64. The average Bonchev–Trinajstić information content (AvgIpc) is 3.15. The molecule has 0 bridgehead atoms. The number of aryl methyl sites for hydroxylation is 1. The molecule has 1 aliphatic carbocycles. The molecule has 21 heavy (non-hydrogen) atoms. The van der Waals surface area contributed by atoms with E-state index in [0.717, 1.165) is 25.1 Å². The van der Waals surface area contributed by atoms with Crippen LogP contribution in [0.4, 0.5) is 0 Å². The monoisotopic (exact) mass is 285 g/mol. The summed E-state index contributed by atoms with van der Waals surface area (Å²) in [7, 11) is 0. The number of nitrogens with zero attached hydrogens (tertiary/aromatic N) is 2. The molecule has 2 heterocycles. The van der Waals surface area contributed by atoms with Gasteiger partial charge in [-0.1, -0.05) is 29.4 Å². The molecule has 2 N–H and O–H groups in total. The standard InChI is InChI=1S/C16H19N3O2/c20-11-8-14(17-9-11)16-18-15(19-21-16)13-7-3-5-10-4-1-2-6-12(10)13/h1-2,4,6,11,13-14,17,20H,3,5,7-9H2/t11-,13?,14+/m0/s1. The van der Waals surface area contributed by atoms with E-state index in [9.17, 15) is 5.11 Å². The van der Waals surface area contributed by atoms with Crippen LogP contribution >= 0.6 is 0 Å². The van der Waals surface area contributed by atoms with Gasteiger partial charge in [-0.2, -0.15) is 4.98 Å². The second-order valence-electron chi connectivity index (χ2n) is 5.98. The van der Waals surface area contributed by atoms with Crippen LogP contribution in [0.3, 0.4) is 0 Å². The van der Waals surface area contributed by atoms with E-state index in [1.807, 2.05) is 0 Å². The summed E-state index contributed by atoms with van der Waals surface area (Å²) in [5.41, 5.74) is 2.73. The Morgan fingerprint density at radius 2 is 2.19 bits per heavy atom. The van der Waals surface area contributed by atoms with Crippen LogP contribution in [0.15, 0.2) is 28.8 Å². The normalized spacial score (nSPS) is 28.5. The zero-order valence-corrected chi connectivity index (χ0v) is 11.8. The predicted molar refractivity (Wildman–Crippen MR) is 76.9 cm³/mol. The summed E-state index contributed by atoms with van der Waals surface area (Å²) in [4.78, 5) is 4.60. The Morgan fingerprint density at radius 3 is 3.05 bits per heavy atom. The van der Waals surface area contributed by atoms with E-state index in [1.165, 1.54) is 11.1 Å². The Bertz CT molecular complexity index is 640. The molecule has 4 rings (SSSR count). The minimum Gasteiger partial charge on any atom is -0.392 e. The van der Waals surface area contributed by atoms with Crippen LogP contribution < -0.4 is 5.32 Å². The highest BCUT2D eigenvalue weighted by molar-refractivity contribution is 5.36. The van der Waals surface area contributed by atoms with Gasteiger partial charge < -0.3 is 14.9 Å². The van der Waals surface area contributed by atoms with Crippen LogP contribution in [-0.2, 0) is 6.42 Å². The van der Waals surface area contributed by atoms with E-state index in [4.69, 9.17) is 4.52 Å². The SMILES string of the molecule is O[C@@H]1CN[C@@H](c2nc(C3CCCc4ccccc43)no2)C1. The fourth-order valence-corrected chi connectivity index (χ4v) is 3.46. The first-order valence-electron chi connectivity index (χ1n) is 7.64. The van der Waals surface area contributed by atoms with Crippen molar-refractivity contribution in [2.24, 2.45) is 0 Å².